The van der Waals surface area contributed by atoms with Gasteiger partial charge in [-0.05, 0) is 108 Å². The number of hydrogen-bond donors (Lipinski definition) is 5. The first kappa shape index (κ1) is 47.6. The maximum Gasteiger partial charge on any atom is 0.402 e. The van der Waals surface area contributed by atoms with E-state index in [0.29, 0.717) is 16.7 Å². The van der Waals surface area contributed by atoms with Crippen molar-refractivity contribution < 1.29 is 62.0 Å². The fraction of sp³-hybridized carbons (Fsp3) is 0.176. The van der Waals surface area contributed by atoms with E-state index in [-0.39, 0.29) is 68.9 Å². The number of carbonyl (C=O) groups is 6. The van der Waals surface area contributed by atoms with E-state index >= 15 is 13.2 Å². The number of rotatable bonds is 15. The van der Waals surface area contributed by atoms with E-state index in [2.05, 4.69) is 10.6 Å². The number of aryl methyl sites for hydroxylation is 1. The molecular weight excluding hydrogens is 858 g/mol. The zero-order chi connectivity index (χ0) is 48.1. The van der Waals surface area contributed by atoms with E-state index in [1.165, 1.54) is 67.8 Å². The van der Waals surface area contributed by atoms with Crippen LogP contribution >= 0.6 is 0 Å². The molecule has 6 rings (SSSR count). The third-order valence-corrected chi connectivity index (χ3v) is 11.2. The third kappa shape index (κ3) is 9.91. The summed E-state index contributed by atoms with van der Waals surface area (Å²) >= 11 is 0. The van der Waals surface area contributed by atoms with Crippen molar-refractivity contribution in [3.05, 3.63) is 177 Å². The second kappa shape index (κ2) is 19.5. The van der Waals surface area contributed by atoms with Gasteiger partial charge in [-0.15, -0.1) is 0 Å². The van der Waals surface area contributed by atoms with Crippen LogP contribution in [0.3, 0.4) is 0 Å². The fourth-order valence-corrected chi connectivity index (χ4v) is 7.39. The van der Waals surface area contributed by atoms with Crippen molar-refractivity contribution in [3.8, 4) is 22.6 Å². The highest BCUT2D eigenvalue weighted by atomic mass is 19.4. The number of carbonyl (C=O) groups excluding carboxylic acids is 6. The first-order valence-electron chi connectivity index (χ1n) is 20.4. The predicted octanol–water partition coefficient (Wildman–Crippen LogP) is 9.43. The van der Waals surface area contributed by atoms with Gasteiger partial charge in [0.05, 0.1) is 24.0 Å². The highest BCUT2D eigenvalue weighted by molar-refractivity contribution is 6.11. The summed E-state index contributed by atoms with van der Waals surface area (Å²) in [6.45, 7) is 3.35. The maximum absolute atomic E-state index is 15.2. The lowest BCUT2D eigenvalue weighted by Gasteiger charge is -2.34. The number of methoxy groups -OCH3 is 1. The zero-order valence-electron chi connectivity index (χ0n) is 36.0. The average molecular weight is 901 g/mol. The number of aromatic hydroxyl groups is 2. The van der Waals surface area contributed by atoms with Crippen LogP contribution in [0.5, 0.6) is 11.5 Å². The van der Waals surface area contributed by atoms with E-state index in [9.17, 15) is 44.1 Å². The Balaban J connectivity index is 1.25. The second-order valence-corrected chi connectivity index (χ2v) is 15.5. The Morgan fingerprint density at radius 1 is 0.606 bits per heavy atom. The number of aliphatic hydroxyl groups is 1. The molecule has 0 heterocycles. The Labute approximate surface area is 376 Å². The highest BCUT2D eigenvalue weighted by Gasteiger charge is 2.54. The molecule has 0 aliphatic carbocycles. The monoisotopic (exact) mass is 900 g/mol. The number of ether oxygens (including phenoxy) is 1. The summed E-state index contributed by atoms with van der Waals surface area (Å²) in [4.78, 5) is 78.4. The van der Waals surface area contributed by atoms with E-state index < -0.39 is 64.6 Å². The molecule has 0 fully saturated rings. The van der Waals surface area contributed by atoms with Crippen LogP contribution in [0.25, 0.3) is 11.1 Å². The number of aliphatic hydroxyl groups excluding tert-OH is 1. The Morgan fingerprint density at radius 2 is 1.12 bits per heavy atom. The van der Waals surface area contributed by atoms with Crippen molar-refractivity contribution in [2.75, 3.05) is 24.4 Å². The van der Waals surface area contributed by atoms with Gasteiger partial charge >= 0.3 is 12.1 Å². The topological polar surface area (TPSA) is 196 Å². The molecule has 0 aromatic heterocycles. The Hall–Kier alpha value is -7.91. The molecule has 66 heavy (non-hydrogen) atoms. The summed E-state index contributed by atoms with van der Waals surface area (Å²) < 4.78 is 50.5. The SMILES string of the molecule is CCC(=O)c1ccc(-c2ccc(C(=O)Cc3cccc(C(=O)Nc4cc(C(C)(c5ccc(O)c(NC(=O)c6cccc(C)c6)c5)C(F)(F)F)ccc4O)c3)c(C(=O)CO)c2)cc1C(=O)OC. The Morgan fingerprint density at radius 3 is 1.62 bits per heavy atom. The number of halogens is 3. The number of esters is 1. The number of hydrogen-bond acceptors (Lipinski definition) is 10. The van der Waals surface area contributed by atoms with Crippen LogP contribution in [-0.2, 0) is 16.6 Å². The number of phenolic OH excluding ortho intramolecular Hbond substituents is 2. The van der Waals surface area contributed by atoms with E-state index in [0.717, 1.165) is 48.9 Å². The molecule has 0 bridgehead atoms. The minimum Gasteiger partial charge on any atom is -0.506 e. The summed E-state index contributed by atoms with van der Waals surface area (Å²) in [5.74, 6) is -4.95. The molecule has 0 aliphatic heterocycles. The minimum absolute atomic E-state index is 0.00835. The molecule has 6 aromatic rings. The molecule has 0 saturated heterocycles. The van der Waals surface area contributed by atoms with Gasteiger partial charge in [-0.1, -0.05) is 67.1 Å². The van der Waals surface area contributed by atoms with Crippen LogP contribution in [-0.4, -0.2) is 70.3 Å². The predicted molar refractivity (Wildman–Crippen MR) is 240 cm³/mol. The Kier molecular flexibility index (Phi) is 14.0. The lowest BCUT2D eigenvalue weighted by molar-refractivity contribution is -0.173. The smallest absolute Gasteiger partial charge is 0.402 e. The maximum atomic E-state index is 15.2. The number of alkyl halides is 3. The lowest BCUT2D eigenvalue weighted by atomic mass is 9.75. The highest BCUT2D eigenvalue weighted by Crippen LogP contribution is 2.49. The summed E-state index contributed by atoms with van der Waals surface area (Å²) in [6, 6.07) is 27.0. The van der Waals surface area contributed by atoms with Crippen molar-refractivity contribution in [2.45, 2.75) is 45.2 Å². The number of amides is 2. The van der Waals surface area contributed by atoms with Gasteiger partial charge in [-0.25, -0.2) is 4.79 Å². The van der Waals surface area contributed by atoms with Crippen molar-refractivity contribution in [1.29, 1.82) is 0 Å². The average Bonchev–Trinajstić information content (AvgIpc) is 3.31. The van der Waals surface area contributed by atoms with Crippen LogP contribution in [0.4, 0.5) is 24.5 Å². The van der Waals surface area contributed by atoms with Gasteiger partial charge in [-0.2, -0.15) is 13.2 Å². The molecule has 5 N–H and O–H groups in total. The Bertz CT molecular complexity index is 2930. The lowest BCUT2D eigenvalue weighted by Crippen LogP contribution is -2.40. The van der Waals surface area contributed by atoms with Crippen LogP contribution in [0, 0.1) is 6.92 Å². The summed E-state index contributed by atoms with van der Waals surface area (Å²) in [5, 5.41) is 36.0. The summed E-state index contributed by atoms with van der Waals surface area (Å²) in [6.07, 6.45) is -5.19. The number of phenols is 2. The quantitative estimate of drug-likeness (QED) is 0.0376. The van der Waals surface area contributed by atoms with Gasteiger partial charge in [0.1, 0.15) is 23.5 Å². The number of ketones is 3. The van der Waals surface area contributed by atoms with E-state index in [1.54, 1.807) is 38.1 Å². The standard InChI is InChI=1S/C51H43F3N2O10/c1-5-42(58)37-17-13-31(24-39(37)49(65)66-4)30-12-16-36(38(23-30)46(62)27-57)45(61)22-29-9-7-11-33(21-29)48(64)56-41-26-35(15-19-44(41)60)50(3,51(52,53)54)34-14-18-43(59)40(25-34)55-47(63)32-10-6-8-28(2)20-32/h6-21,23-26,57,59-60H,5,22,27H2,1-4H3,(H,55,63)(H,56,64). The fourth-order valence-electron chi connectivity index (χ4n) is 7.39. The number of benzene rings is 6. The molecule has 1 unspecified atom stereocenters. The summed E-state index contributed by atoms with van der Waals surface area (Å²) in [7, 11) is 1.17. The molecule has 6 aromatic carbocycles. The van der Waals surface area contributed by atoms with Gasteiger partial charge in [0.25, 0.3) is 11.8 Å². The molecule has 15 heteroatoms. The minimum atomic E-state index is -4.99. The van der Waals surface area contributed by atoms with Crippen molar-refractivity contribution in [1.82, 2.24) is 0 Å². The molecule has 0 spiro atoms. The number of anilines is 2. The summed E-state index contributed by atoms with van der Waals surface area (Å²) in [5.41, 5.74) is -2.21. The van der Waals surface area contributed by atoms with E-state index in [1.807, 2.05) is 0 Å². The molecule has 12 nitrogen and oxygen atoms in total. The molecule has 2 amide bonds. The first-order valence-corrected chi connectivity index (χ1v) is 20.4. The zero-order valence-corrected chi connectivity index (χ0v) is 36.0. The molecule has 338 valence electrons. The van der Waals surface area contributed by atoms with Crippen LogP contribution in [0.1, 0.15) is 105 Å². The number of nitrogens with one attached hydrogen (secondary N) is 2. The van der Waals surface area contributed by atoms with Crippen molar-refractivity contribution >= 4 is 46.5 Å². The van der Waals surface area contributed by atoms with Gasteiger partial charge in [0.15, 0.2) is 17.3 Å². The molecular formula is C51H43F3N2O10. The van der Waals surface area contributed by atoms with Gasteiger partial charge in [0.2, 0.25) is 0 Å². The molecule has 0 radical (unpaired) electrons. The van der Waals surface area contributed by atoms with Crippen LogP contribution in [0.15, 0.2) is 121 Å². The largest absolute Gasteiger partial charge is 0.506 e. The van der Waals surface area contributed by atoms with Crippen LogP contribution in [0.2, 0.25) is 0 Å². The third-order valence-electron chi connectivity index (χ3n) is 11.2. The first-order chi connectivity index (χ1) is 31.3. The molecule has 0 saturated carbocycles. The molecule has 0 aliphatic rings. The van der Waals surface area contributed by atoms with Crippen LogP contribution < -0.4 is 10.6 Å². The second-order valence-electron chi connectivity index (χ2n) is 15.5. The van der Waals surface area contributed by atoms with Gasteiger partial charge in [-0.3, -0.25) is 24.0 Å². The van der Waals surface area contributed by atoms with Crippen molar-refractivity contribution in [3.63, 3.8) is 0 Å². The van der Waals surface area contributed by atoms with E-state index in [4.69, 9.17) is 4.74 Å². The normalized spacial score (nSPS) is 12.1. The molecule has 1 atom stereocenters. The van der Waals surface area contributed by atoms with Crippen molar-refractivity contribution in [2.24, 2.45) is 0 Å². The number of Topliss-reactive ketones (excluding diaryl/α,β-unsaturated/α-hetero) is 3. The van der Waals surface area contributed by atoms with Gasteiger partial charge < -0.3 is 30.7 Å². The van der Waals surface area contributed by atoms with Gasteiger partial charge in [0, 0.05) is 40.7 Å².